The molecule has 0 aliphatic carbocycles. The number of carbonyl (C=O) groups excluding carboxylic acids is 1. The van der Waals surface area contributed by atoms with E-state index in [4.69, 9.17) is 4.74 Å². The molecule has 14 heavy (non-hydrogen) atoms. The Kier molecular flexibility index (Phi) is 2.52. The fraction of sp³-hybridized carbons (Fsp3) is 0.600. The molecule has 0 radical (unpaired) electrons. The number of fused-ring (bicyclic) bond motifs is 1. The molecule has 1 aromatic rings. The summed E-state index contributed by atoms with van der Waals surface area (Å²) >= 11 is 0. The lowest BCUT2D eigenvalue weighted by Crippen LogP contribution is -2.26. The van der Waals surface area contributed by atoms with E-state index in [1.165, 1.54) is 0 Å². The van der Waals surface area contributed by atoms with Gasteiger partial charge in [0.15, 0.2) is 0 Å². The van der Waals surface area contributed by atoms with Crippen molar-refractivity contribution in [2.24, 2.45) is 0 Å². The van der Waals surface area contributed by atoms with E-state index in [0.717, 1.165) is 25.0 Å². The first-order chi connectivity index (χ1) is 6.83. The van der Waals surface area contributed by atoms with Crippen LogP contribution in [0.5, 0.6) is 0 Å². The Morgan fingerprint density at radius 1 is 1.79 bits per heavy atom. The predicted octanol–water partition coefficient (Wildman–Crippen LogP) is 1.32. The van der Waals surface area contributed by atoms with Gasteiger partial charge in [-0.05, 0) is 26.2 Å². The maximum absolute atomic E-state index is 11.6. The molecule has 0 saturated heterocycles. The number of ether oxygens (including phenoxy) is 1. The third kappa shape index (κ3) is 1.52. The largest absolute Gasteiger partial charge is 0.464 e. The molecule has 2 heterocycles. The number of aryl methyl sites for hydroxylation is 1. The van der Waals surface area contributed by atoms with Gasteiger partial charge >= 0.3 is 5.97 Å². The van der Waals surface area contributed by atoms with E-state index in [-0.39, 0.29) is 12.0 Å². The zero-order valence-corrected chi connectivity index (χ0v) is 8.27. The second-order valence-corrected chi connectivity index (χ2v) is 3.45. The Bertz CT molecular complexity index is 333. The van der Waals surface area contributed by atoms with Gasteiger partial charge in [0.1, 0.15) is 6.04 Å². The van der Waals surface area contributed by atoms with E-state index < -0.39 is 0 Å². The molecule has 0 aromatic carbocycles. The zero-order valence-electron chi connectivity index (χ0n) is 8.27. The number of hydrogen-bond acceptors (Lipinski definition) is 3. The molecule has 0 bridgehead atoms. The van der Waals surface area contributed by atoms with Crippen molar-refractivity contribution in [3.63, 3.8) is 0 Å². The van der Waals surface area contributed by atoms with Gasteiger partial charge in [0.25, 0.3) is 0 Å². The standard InChI is InChI=1S/C10H14N2O2/c1-2-14-10(13)9-5-3-4-8-6-11-7-12(8)9/h6-7,9H,2-5H2,1H3. The van der Waals surface area contributed by atoms with Gasteiger partial charge in [-0.15, -0.1) is 0 Å². The fourth-order valence-corrected chi connectivity index (χ4v) is 1.89. The summed E-state index contributed by atoms with van der Waals surface area (Å²) in [5.41, 5.74) is 1.13. The molecule has 0 saturated carbocycles. The summed E-state index contributed by atoms with van der Waals surface area (Å²) in [7, 11) is 0. The van der Waals surface area contributed by atoms with Gasteiger partial charge in [-0.25, -0.2) is 9.78 Å². The van der Waals surface area contributed by atoms with Crippen LogP contribution in [0, 0.1) is 0 Å². The number of rotatable bonds is 2. The minimum atomic E-state index is -0.152. The maximum atomic E-state index is 11.6. The molecule has 0 amide bonds. The first-order valence-corrected chi connectivity index (χ1v) is 5.00. The molecule has 1 unspecified atom stereocenters. The Hall–Kier alpha value is -1.32. The van der Waals surface area contributed by atoms with Gasteiger partial charge in [-0.1, -0.05) is 0 Å². The average Bonchev–Trinajstić information content (AvgIpc) is 2.65. The van der Waals surface area contributed by atoms with Crippen LogP contribution in [0.4, 0.5) is 0 Å². The van der Waals surface area contributed by atoms with E-state index in [1.807, 2.05) is 17.7 Å². The van der Waals surface area contributed by atoms with Gasteiger partial charge < -0.3 is 9.30 Å². The highest BCUT2D eigenvalue weighted by Gasteiger charge is 2.26. The SMILES string of the molecule is CCOC(=O)C1CCCc2cncn21. The van der Waals surface area contributed by atoms with Crippen LogP contribution in [0.1, 0.15) is 31.5 Å². The van der Waals surface area contributed by atoms with Crippen LogP contribution < -0.4 is 0 Å². The lowest BCUT2D eigenvalue weighted by atomic mass is 10.0. The summed E-state index contributed by atoms with van der Waals surface area (Å²) in [5, 5.41) is 0. The van der Waals surface area contributed by atoms with Gasteiger partial charge in [0.05, 0.1) is 12.9 Å². The summed E-state index contributed by atoms with van der Waals surface area (Å²) in [6.07, 6.45) is 6.45. The van der Waals surface area contributed by atoms with Crippen LogP contribution in [-0.2, 0) is 16.0 Å². The van der Waals surface area contributed by atoms with Crippen LogP contribution in [0.2, 0.25) is 0 Å². The summed E-state index contributed by atoms with van der Waals surface area (Å²) < 4.78 is 6.95. The van der Waals surface area contributed by atoms with Crippen LogP contribution >= 0.6 is 0 Å². The van der Waals surface area contributed by atoms with Crippen molar-refractivity contribution < 1.29 is 9.53 Å². The highest BCUT2D eigenvalue weighted by molar-refractivity contribution is 5.74. The van der Waals surface area contributed by atoms with Crippen LogP contribution in [-0.4, -0.2) is 22.1 Å². The number of nitrogens with zero attached hydrogens (tertiary/aromatic N) is 2. The molecule has 76 valence electrons. The van der Waals surface area contributed by atoms with Crippen molar-refractivity contribution in [1.82, 2.24) is 9.55 Å². The van der Waals surface area contributed by atoms with Gasteiger partial charge in [0.2, 0.25) is 0 Å². The molecule has 4 heteroatoms. The topological polar surface area (TPSA) is 44.1 Å². The average molecular weight is 194 g/mol. The Labute approximate surface area is 82.9 Å². The minimum absolute atomic E-state index is 0.133. The van der Waals surface area contributed by atoms with E-state index in [0.29, 0.717) is 6.61 Å². The number of carbonyl (C=O) groups is 1. The van der Waals surface area contributed by atoms with Crippen LogP contribution in [0.3, 0.4) is 0 Å². The molecule has 0 spiro atoms. The lowest BCUT2D eigenvalue weighted by molar-refractivity contribution is -0.147. The highest BCUT2D eigenvalue weighted by atomic mass is 16.5. The number of imidazole rings is 1. The lowest BCUT2D eigenvalue weighted by Gasteiger charge is -2.23. The van der Waals surface area contributed by atoms with Crippen molar-refractivity contribution >= 4 is 5.97 Å². The number of esters is 1. The monoisotopic (exact) mass is 194 g/mol. The molecule has 1 atom stereocenters. The van der Waals surface area contributed by atoms with Gasteiger partial charge in [-0.3, -0.25) is 0 Å². The fourth-order valence-electron chi connectivity index (χ4n) is 1.89. The molecular formula is C10H14N2O2. The van der Waals surface area contributed by atoms with Crippen molar-refractivity contribution in [2.45, 2.75) is 32.2 Å². The Morgan fingerprint density at radius 3 is 3.43 bits per heavy atom. The van der Waals surface area contributed by atoms with Gasteiger partial charge in [0, 0.05) is 11.9 Å². The second-order valence-electron chi connectivity index (χ2n) is 3.45. The highest BCUT2D eigenvalue weighted by Crippen LogP contribution is 2.25. The first kappa shape index (κ1) is 9.24. The summed E-state index contributed by atoms with van der Waals surface area (Å²) in [4.78, 5) is 15.6. The molecular weight excluding hydrogens is 180 g/mol. The first-order valence-electron chi connectivity index (χ1n) is 5.00. The molecule has 2 rings (SSSR count). The number of hydrogen-bond donors (Lipinski definition) is 0. The molecule has 1 aliphatic heterocycles. The maximum Gasteiger partial charge on any atom is 0.329 e. The van der Waals surface area contributed by atoms with E-state index in [1.54, 1.807) is 6.33 Å². The molecule has 1 aliphatic rings. The molecule has 4 nitrogen and oxygen atoms in total. The van der Waals surface area contributed by atoms with E-state index in [2.05, 4.69) is 4.98 Å². The quantitative estimate of drug-likeness (QED) is 0.667. The third-order valence-corrected chi connectivity index (χ3v) is 2.55. The smallest absolute Gasteiger partial charge is 0.329 e. The molecule has 1 aromatic heterocycles. The molecule has 0 fully saturated rings. The zero-order chi connectivity index (χ0) is 9.97. The summed E-state index contributed by atoms with van der Waals surface area (Å²) in [5.74, 6) is -0.133. The van der Waals surface area contributed by atoms with E-state index in [9.17, 15) is 4.79 Å². The third-order valence-electron chi connectivity index (χ3n) is 2.55. The summed E-state index contributed by atoms with van der Waals surface area (Å²) in [6.45, 7) is 2.27. The second kappa shape index (κ2) is 3.82. The minimum Gasteiger partial charge on any atom is -0.464 e. The summed E-state index contributed by atoms with van der Waals surface area (Å²) in [6, 6.07) is -0.152. The predicted molar refractivity (Wildman–Crippen MR) is 50.8 cm³/mol. The van der Waals surface area contributed by atoms with Crippen LogP contribution in [0.15, 0.2) is 12.5 Å². The van der Waals surface area contributed by atoms with Crippen molar-refractivity contribution in [3.05, 3.63) is 18.2 Å². The number of aromatic nitrogens is 2. The van der Waals surface area contributed by atoms with Gasteiger partial charge in [-0.2, -0.15) is 0 Å². The van der Waals surface area contributed by atoms with Crippen molar-refractivity contribution in [1.29, 1.82) is 0 Å². The van der Waals surface area contributed by atoms with Crippen molar-refractivity contribution in [2.75, 3.05) is 6.61 Å². The Morgan fingerprint density at radius 2 is 2.64 bits per heavy atom. The van der Waals surface area contributed by atoms with Crippen LogP contribution in [0.25, 0.3) is 0 Å². The normalized spacial score (nSPS) is 20.2. The molecule has 0 N–H and O–H groups in total. The van der Waals surface area contributed by atoms with E-state index >= 15 is 0 Å². The Balaban J connectivity index is 2.19. The van der Waals surface area contributed by atoms with Crippen molar-refractivity contribution in [3.8, 4) is 0 Å².